The van der Waals surface area contributed by atoms with Crippen molar-refractivity contribution < 1.29 is 13.2 Å². The average molecular weight is 385 g/mol. The van der Waals surface area contributed by atoms with Crippen molar-refractivity contribution in [2.24, 2.45) is 0 Å². The number of carbonyl (C=O) groups is 1. The van der Waals surface area contributed by atoms with Gasteiger partial charge in [-0.05, 0) is 49.2 Å². The predicted octanol–water partition coefficient (Wildman–Crippen LogP) is 3.30. The second-order valence-electron chi connectivity index (χ2n) is 6.42. The first kappa shape index (κ1) is 19.3. The summed E-state index contributed by atoms with van der Waals surface area (Å²) in [7, 11) is -3.54. The van der Waals surface area contributed by atoms with E-state index in [-0.39, 0.29) is 10.8 Å². The molecule has 0 radical (unpaired) electrons. The smallest absolute Gasteiger partial charge is 0.248 e. The molecule has 1 fully saturated rings. The average Bonchev–Trinajstić information content (AvgIpc) is 2.97. The van der Waals surface area contributed by atoms with E-state index in [1.807, 2.05) is 6.07 Å². The van der Waals surface area contributed by atoms with Gasteiger partial charge < -0.3 is 5.32 Å². The minimum atomic E-state index is -3.54. The zero-order chi connectivity index (χ0) is 19.1. The van der Waals surface area contributed by atoms with E-state index >= 15 is 0 Å². The van der Waals surface area contributed by atoms with Gasteiger partial charge in [0, 0.05) is 31.0 Å². The van der Waals surface area contributed by atoms with E-state index in [1.165, 1.54) is 12.1 Å². The normalized spacial score (nSPS) is 16.1. The number of amides is 1. The van der Waals surface area contributed by atoms with Crippen LogP contribution in [-0.4, -0.2) is 36.7 Å². The molecule has 142 valence electrons. The second-order valence-corrected chi connectivity index (χ2v) is 8.36. The molecule has 1 saturated heterocycles. The molecule has 0 atom stereocenters. The van der Waals surface area contributed by atoms with Crippen molar-refractivity contribution in [2.45, 2.75) is 30.6 Å². The van der Waals surface area contributed by atoms with Gasteiger partial charge in [-0.1, -0.05) is 25.0 Å². The van der Waals surface area contributed by atoms with E-state index in [2.05, 4.69) is 10.3 Å². The van der Waals surface area contributed by atoms with Crippen molar-refractivity contribution in [1.82, 2.24) is 9.29 Å². The Morgan fingerprint density at radius 2 is 1.81 bits per heavy atom. The molecule has 27 heavy (non-hydrogen) atoms. The molecule has 1 aromatic carbocycles. The van der Waals surface area contributed by atoms with Crippen LogP contribution in [-0.2, 0) is 14.8 Å². The van der Waals surface area contributed by atoms with Gasteiger partial charge in [-0.3, -0.25) is 9.78 Å². The molecule has 0 aliphatic carbocycles. The van der Waals surface area contributed by atoms with Crippen molar-refractivity contribution >= 4 is 27.7 Å². The highest BCUT2D eigenvalue weighted by atomic mass is 32.2. The Labute approximate surface area is 160 Å². The number of aromatic nitrogens is 1. The van der Waals surface area contributed by atoms with Crippen molar-refractivity contribution in [3.05, 3.63) is 60.4 Å². The van der Waals surface area contributed by atoms with Crippen LogP contribution in [0.5, 0.6) is 0 Å². The van der Waals surface area contributed by atoms with Crippen LogP contribution in [0.1, 0.15) is 31.4 Å². The van der Waals surface area contributed by atoms with E-state index in [1.54, 1.807) is 46.9 Å². The molecule has 0 spiro atoms. The summed E-state index contributed by atoms with van der Waals surface area (Å²) in [4.78, 5) is 16.4. The lowest BCUT2D eigenvalue weighted by atomic mass is 10.2. The number of anilines is 1. The van der Waals surface area contributed by atoms with Gasteiger partial charge >= 0.3 is 0 Å². The van der Waals surface area contributed by atoms with Gasteiger partial charge in [0.2, 0.25) is 15.9 Å². The van der Waals surface area contributed by atoms with Gasteiger partial charge in [-0.15, -0.1) is 0 Å². The summed E-state index contributed by atoms with van der Waals surface area (Å²) in [6, 6.07) is 11.8. The number of nitrogens with zero attached hydrogens (tertiary/aromatic N) is 2. The number of hydrogen-bond acceptors (Lipinski definition) is 4. The third-order valence-corrected chi connectivity index (χ3v) is 6.29. The Kier molecular flexibility index (Phi) is 6.36. The molecule has 7 heteroatoms. The molecule has 6 nitrogen and oxygen atoms in total. The standard InChI is InChI=1S/C20H23N3O3S/c24-20(12-11-17-8-3-4-13-21-17)22-18-9-7-10-19(16-18)27(25,26)23-14-5-1-2-6-15-23/h3-4,7-13,16H,1-2,5-6,14-15H2,(H,22,24)/b12-11+. The molecule has 2 aromatic rings. The fraction of sp³-hybridized carbons (Fsp3) is 0.300. The lowest BCUT2D eigenvalue weighted by Crippen LogP contribution is -2.32. The zero-order valence-corrected chi connectivity index (χ0v) is 15.9. The number of sulfonamides is 1. The van der Waals surface area contributed by atoms with Crippen LogP contribution in [0.2, 0.25) is 0 Å². The SMILES string of the molecule is O=C(/C=C/c1ccccn1)Nc1cccc(S(=O)(=O)N2CCCCCC2)c1. The number of carbonyl (C=O) groups excluding carboxylic acids is 1. The van der Waals surface area contributed by atoms with Crippen LogP contribution in [0.3, 0.4) is 0 Å². The molecule has 3 rings (SSSR count). The molecule has 1 aliphatic rings. The maximum atomic E-state index is 12.9. The molecule has 1 N–H and O–H groups in total. The third-order valence-electron chi connectivity index (χ3n) is 4.40. The topological polar surface area (TPSA) is 79.4 Å². The van der Waals surface area contributed by atoms with Crippen molar-refractivity contribution in [3.8, 4) is 0 Å². The molecule has 0 bridgehead atoms. The summed E-state index contributed by atoms with van der Waals surface area (Å²) in [6.45, 7) is 1.09. The predicted molar refractivity (Wildman–Crippen MR) is 106 cm³/mol. The molecular weight excluding hydrogens is 362 g/mol. The highest BCUT2D eigenvalue weighted by molar-refractivity contribution is 7.89. The van der Waals surface area contributed by atoms with Crippen LogP contribution in [0.25, 0.3) is 6.08 Å². The molecule has 1 aliphatic heterocycles. The Morgan fingerprint density at radius 3 is 2.52 bits per heavy atom. The first-order valence-corrected chi connectivity index (χ1v) is 10.5. The summed E-state index contributed by atoms with van der Waals surface area (Å²) >= 11 is 0. The molecule has 1 aromatic heterocycles. The molecule has 2 heterocycles. The summed E-state index contributed by atoms with van der Waals surface area (Å²) in [6.07, 6.45) is 8.51. The summed E-state index contributed by atoms with van der Waals surface area (Å²) in [5, 5.41) is 2.70. The second kappa shape index (κ2) is 8.92. The van der Waals surface area contributed by atoms with Crippen molar-refractivity contribution in [2.75, 3.05) is 18.4 Å². The zero-order valence-electron chi connectivity index (χ0n) is 15.0. The minimum Gasteiger partial charge on any atom is -0.322 e. The van der Waals surface area contributed by atoms with Gasteiger partial charge in [0.05, 0.1) is 10.6 Å². The molecular formula is C20H23N3O3S. The Morgan fingerprint density at radius 1 is 1.04 bits per heavy atom. The number of nitrogens with one attached hydrogen (secondary N) is 1. The largest absolute Gasteiger partial charge is 0.322 e. The Bertz CT molecular complexity index is 903. The highest BCUT2D eigenvalue weighted by Crippen LogP contribution is 2.22. The lowest BCUT2D eigenvalue weighted by molar-refractivity contribution is -0.111. The highest BCUT2D eigenvalue weighted by Gasteiger charge is 2.25. The number of pyridine rings is 1. The maximum Gasteiger partial charge on any atom is 0.248 e. The van der Waals surface area contributed by atoms with Crippen LogP contribution in [0.4, 0.5) is 5.69 Å². The maximum absolute atomic E-state index is 12.9. The number of rotatable bonds is 5. The van der Waals surface area contributed by atoms with Gasteiger partial charge in [-0.25, -0.2) is 8.42 Å². The molecule has 0 saturated carbocycles. The first-order chi connectivity index (χ1) is 13.1. The van der Waals surface area contributed by atoms with Crippen LogP contribution >= 0.6 is 0 Å². The monoisotopic (exact) mass is 385 g/mol. The summed E-state index contributed by atoms with van der Waals surface area (Å²) in [5.74, 6) is -0.343. The van der Waals surface area contributed by atoms with Crippen LogP contribution < -0.4 is 5.32 Å². The van der Waals surface area contributed by atoms with Gasteiger partial charge in [0.1, 0.15) is 0 Å². The first-order valence-electron chi connectivity index (χ1n) is 9.06. The van der Waals surface area contributed by atoms with Gasteiger partial charge in [-0.2, -0.15) is 4.31 Å². The minimum absolute atomic E-state index is 0.205. The third kappa shape index (κ3) is 5.24. The molecule has 1 amide bonds. The van der Waals surface area contributed by atoms with Gasteiger partial charge in [0.15, 0.2) is 0 Å². The van der Waals surface area contributed by atoms with Crippen LogP contribution in [0, 0.1) is 0 Å². The number of hydrogen-bond donors (Lipinski definition) is 1. The number of benzene rings is 1. The Balaban J connectivity index is 1.71. The van der Waals surface area contributed by atoms with Crippen molar-refractivity contribution in [1.29, 1.82) is 0 Å². The van der Waals surface area contributed by atoms with Crippen LogP contribution in [0.15, 0.2) is 59.6 Å². The van der Waals surface area contributed by atoms with Gasteiger partial charge in [0.25, 0.3) is 0 Å². The van der Waals surface area contributed by atoms with E-state index in [9.17, 15) is 13.2 Å². The lowest BCUT2D eigenvalue weighted by Gasteiger charge is -2.20. The Hall–Kier alpha value is -2.51. The van der Waals surface area contributed by atoms with Crippen molar-refractivity contribution in [3.63, 3.8) is 0 Å². The van der Waals surface area contributed by atoms with E-state index < -0.39 is 10.0 Å². The fourth-order valence-corrected chi connectivity index (χ4v) is 4.55. The van der Waals surface area contributed by atoms with E-state index in [0.717, 1.165) is 25.7 Å². The summed E-state index contributed by atoms with van der Waals surface area (Å²) < 4.78 is 27.3. The molecule has 0 unspecified atom stereocenters. The quantitative estimate of drug-likeness (QED) is 0.801. The van der Waals surface area contributed by atoms with E-state index in [4.69, 9.17) is 0 Å². The summed E-state index contributed by atoms with van der Waals surface area (Å²) in [5.41, 5.74) is 1.12. The van der Waals surface area contributed by atoms with E-state index in [0.29, 0.717) is 24.5 Å². The fourth-order valence-electron chi connectivity index (χ4n) is 2.98.